The van der Waals surface area contributed by atoms with Gasteiger partial charge in [0.1, 0.15) is 9.71 Å². The van der Waals surface area contributed by atoms with Gasteiger partial charge in [-0.15, -0.1) is 11.3 Å². The van der Waals surface area contributed by atoms with Gasteiger partial charge in [-0.3, -0.25) is 0 Å². The molecule has 1 aliphatic rings. The summed E-state index contributed by atoms with van der Waals surface area (Å²) in [6.45, 7) is 8.43. The number of nitrogen functional groups attached to an aromatic ring is 1. The molecule has 2 N–H and O–H groups in total. The van der Waals surface area contributed by atoms with Crippen molar-refractivity contribution in [1.82, 2.24) is 4.98 Å². The average molecular weight is 424 g/mol. The number of anilines is 2. The maximum absolute atomic E-state index is 12.5. The second-order valence-corrected chi connectivity index (χ2v) is 8.58. The first-order valence-corrected chi connectivity index (χ1v) is 11.7. The van der Waals surface area contributed by atoms with Crippen molar-refractivity contribution in [3.05, 3.63) is 40.4 Å². The number of aryl methyl sites for hydroxylation is 1. The summed E-state index contributed by atoms with van der Waals surface area (Å²) < 4.78 is 5.23. The lowest BCUT2D eigenvalue weighted by atomic mass is 9.87. The maximum atomic E-state index is 12.5. The lowest BCUT2D eigenvalue weighted by molar-refractivity contribution is 0.0533. The lowest BCUT2D eigenvalue weighted by Crippen LogP contribution is -2.21. The molecule has 1 aromatic carbocycles. The SMILES string of the molecule is CCOC(=O)c1sc2nc3c(c(-c4ccc(N(CC)CC)cc4)c2c1N)CCCC3. The first-order chi connectivity index (χ1) is 14.6. The molecule has 0 atom stereocenters. The third-order valence-electron chi connectivity index (χ3n) is 5.90. The van der Waals surface area contributed by atoms with Crippen LogP contribution in [0.4, 0.5) is 11.4 Å². The van der Waals surface area contributed by atoms with E-state index in [2.05, 4.69) is 43.0 Å². The van der Waals surface area contributed by atoms with Crippen molar-refractivity contribution in [2.45, 2.75) is 46.5 Å². The number of nitrogens with two attached hydrogens (primary N) is 1. The number of esters is 1. The van der Waals surface area contributed by atoms with Gasteiger partial charge in [-0.1, -0.05) is 12.1 Å². The zero-order valence-electron chi connectivity index (χ0n) is 18.0. The van der Waals surface area contributed by atoms with Crippen LogP contribution in [-0.4, -0.2) is 30.6 Å². The molecule has 3 aromatic rings. The van der Waals surface area contributed by atoms with Crippen LogP contribution in [0.1, 0.15) is 54.5 Å². The molecule has 5 nitrogen and oxygen atoms in total. The van der Waals surface area contributed by atoms with Crippen molar-refractivity contribution in [2.75, 3.05) is 30.3 Å². The predicted molar refractivity (Wildman–Crippen MR) is 126 cm³/mol. The number of nitrogens with zero attached hydrogens (tertiary/aromatic N) is 2. The van der Waals surface area contributed by atoms with E-state index in [4.69, 9.17) is 15.5 Å². The van der Waals surface area contributed by atoms with E-state index < -0.39 is 0 Å². The Morgan fingerprint density at radius 2 is 1.83 bits per heavy atom. The Morgan fingerprint density at radius 1 is 1.13 bits per heavy atom. The van der Waals surface area contributed by atoms with E-state index in [1.54, 1.807) is 6.92 Å². The van der Waals surface area contributed by atoms with E-state index in [0.717, 1.165) is 65.8 Å². The number of aromatic nitrogens is 1. The van der Waals surface area contributed by atoms with Crippen LogP contribution in [-0.2, 0) is 17.6 Å². The number of hydrogen-bond acceptors (Lipinski definition) is 6. The van der Waals surface area contributed by atoms with Crippen molar-refractivity contribution >= 4 is 38.9 Å². The topological polar surface area (TPSA) is 68.5 Å². The monoisotopic (exact) mass is 423 g/mol. The third-order valence-corrected chi connectivity index (χ3v) is 6.98. The summed E-state index contributed by atoms with van der Waals surface area (Å²) in [5.41, 5.74) is 12.9. The van der Waals surface area contributed by atoms with Crippen LogP contribution in [0.5, 0.6) is 0 Å². The van der Waals surface area contributed by atoms with Crippen LogP contribution in [0.3, 0.4) is 0 Å². The summed E-state index contributed by atoms with van der Waals surface area (Å²) in [4.78, 5) is 21.0. The second-order valence-electron chi connectivity index (χ2n) is 7.58. The van der Waals surface area contributed by atoms with Crippen molar-refractivity contribution < 1.29 is 9.53 Å². The van der Waals surface area contributed by atoms with E-state index in [0.29, 0.717) is 17.2 Å². The zero-order chi connectivity index (χ0) is 21.3. The zero-order valence-corrected chi connectivity index (χ0v) is 18.8. The molecule has 0 bridgehead atoms. The molecule has 2 aromatic heterocycles. The fraction of sp³-hybridized carbons (Fsp3) is 0.417. The number of carbonyl (C=O) groups is 1. The van der Waals surface area contributed by atoms with Gasteiger partial charge in [0.05, 0.1) is 12.3 Å². The highest BCUT2D eigenvalue weighted by atomic mass is 32.1. The van der Waals surface area contributed by atoms with E-state index >= 15 is 0 Å². The quantitative estimate of drug-likeness (QED) is 0.534. The molecular formula is C24H29N3O2S. The Bertz CT molecular complexity index is 1070. The van der Waals surface area contributed by atoms with Crippen LogP contribution < -0.4 is 10.6 Å². The number of fused-ring (bicyclic) bond motifs is 2. The molecule has 0 amide bonds. The molecular weight excluding hydrogens is 394 g/mol. The van der Waals surface area contributed by atoms with E-state index in [1.807, 2.05) is 0 Å². The highest BCUT2D eigenvalue weighted by Gasteiger charge is 2.26. The molecule has 2 heterocycles. The first kappa shape index (κ1) is 20.7. The molecule has 0 aliphatic heterocycles. The van der Waals surface area contributed by atoms with Gasteiger partial charge in [0.15, 0.2) is 0 Å². The van der Waals surface area contributed by atoms with E-state index in [1.165, 1.54) is 22.6 Å². The summed E-state index contributed by atoms with van der Waals surface area (Å²) in [6.07, 6.45) is 4.27. The molecule has 158 valence electrons. The summed E-state index contributed by atoms with van der Waals surface area (Å²) in [7, 11) is 0. The first-order valence-electron chi connectivity index (χ1n) is 10.8. The fourth-order valence-corrected chi connectivity index (χ4v) is 5.42. The molecule has 0 saturated heterocycles. The van der Waals surface area contributed by atoms with Crippen LogP contribution in [0, 0.1) is 0 Å². The smallest absolute Gasteiger partial charge is 0.350 e. The normalized spacial score (nSPS) is 13.3. The number of hydrogen-bond donors (Lipinski definition) is 1. The minimum Gasteiger partial charge on any atom is -0.462 e. The molecule has 0 spiro atoms. The van der Waals surface area contributed by atoms with Crippen molar-refractivity contribution in [3.63, 3.8) is 0 Å². The molecule has 30 heavy (non-hydrogen) atoms. The summed E-state index contributed by atoms with van der Waals surface area (Å²) in [5, 5.41) is 0.902. The number of carbonyl (C=O) groups excluding carboxylic acids is 1. The molecule has 0 unspecified atom stereocenters. The van der Waals surface area contributed by atoms with Crippen molar-refractivity contribution in [2.24, 2.45) is 0 Å². The van der Waals surface area contributed by atoms with Crippen LogP contribution >= 0.6 is 11.3 Å². The molecule has 0 radical (unpaired) electrons. The van der Waals surface area contributed by atoms with Gasteiger partial charge >= 0.3 is 5.97 Å². The Kier molecular flexibility index (Phi) is 5.95. The van der Waals surface area contributed by atoms with Gasteiger partial charge in [0, 0.05) is 29.9 Å². The number of rotatable bonds is 6. The van der Waals surface area contributed by atoms with Gasteiger partial charge in [-0.05, 0) is 75.3 Å². The van der Waals surface area contributed by atoms with Gasteiger partial charge in [0.25, 0.3) is 0 Å². The minimum atomic E-state index is -0.362. The predicted octanol–water partition coefficient (Wildman–Crippen LogP) is 5.45. The van der Waals surface area contributed by atoms with E-state index in [-0.39, 0.29) is 5.97 Å². The average Bonchev–Trinajstić information content (AvgIpc) is 3.10. The second kappa shape index (κ2) is 8.64. The molecule has 1 aliphatic carbocycles. The highest BCUT2D eigenvalue weighted by molar-refractivity contribution is 7.21. The van der Waals surface area contributed by atoms with Crippen LogP contribution in [0.25, 0.3) is 21.3 Å². The van der Waals surface area contributed by atoms with Crippen molar-refractivity contribution in [3.8, 4) is 11.1 Å². The maximum Gasteiger partial charge on any atom is 0.350 e. The number of pyridine rings is 1. The molecule has 0 fully saturated rings. The number of benzene rings is 1. The third kappa shape index (κ3) is 3.54. The minimum absolute atomic E-state index is 0.329. The number of ether oxygens (including phenoxy) is 1. The van der Waals surface area contributed by atoms with Crippen LogP contribution in [0.2, 0.25) is 0 Å². The van der Waals surface area contributed by atoms with Gasteiger partial charge in [-0.25, -0.2) is 9.78 Å². The van der Waals surface area contributed by atoms with Crippen LogP contribution in [0.15, 0.2) is 24.3 Å². The summed E-state index contributed by atoms with van der Waals surface area (Å²) in [6, 6.07) is 8.72. The van der Waals surface area contributed by atoms with Gasteiger partial charge < -0.3 is 15.4 Å². The molecule has 4 rings (SSSR count). The fourth-order valence-electron chi connectivity index (χ4n) is 4.40. The Hall–Kier alpha value is -2.60. The Labute approximate surface area is 181 Å². The molecule has 0 saturated carbocycles. The largest absolute Gasteiger partial charge is 0.462 e. The van der Waals surface area contributed by atoms with Gasteiger partial charge in [0.2, 0.25) is 0 Å². The molecule has 6 heteroatoms. The Balaban J connectivity index is 1.92. The van der Waals surface area contributed by atoms with Crippen molar-refractivity contribution in [1.29, 1.82) is 0 Å². The highest BCUT2D eigenvalue weighted by Crippen LogP contribution is 2.44. The van der Waals surface area contributed by atoms with E-state index in [9.17, 15) is 4.79 Å². The summed E-state index contributed by atoms with van der Waals surface area (Å²) in [5.74, 6) is -0.362. The Morgan fingerprint density at radius 3 is 2.50 bits per heavy atom. The van der Waals surface area contributed by atoms with Gasteiger partial charge in [-0.2, -0.15) is 0 Å². The summed E-state index contributed by atoms with van der Waals surface area (Å²) >= 11 is 1.35. The number of thiophene rings is 1. The lowest BCUT2D eigenvalue weighted by Gasteiger charge is -2.23. The standard InChI is InChI=1S/C24H29N3O2S/c1-4-27(5-2)16-13-11-15(12-14-16)19-17-9-7-8-10-18(17)26-23-20(19)21(25)22(30-23)24(28)29-6-3/h11-14H,4-10,25H2,1-3H3.